The number of ether oxygens (including phenoxy) is 2. The topological polar surface area (TPSA) is 90.3 Å². The van der Waals surface area contributed by atoms with Crippen LogP contribution in [0.2, 0.25) is 0 Å². The van der Waals surface area contributed by atoms with E-state index in [1.807, 2.05) is 44.3 Å². The second kappa shape index (κ2) is 8.41. The highest BCUT2D eigenvalue weighted by molar-refractivity contribution is 6.12. The minimum absolute atomic E-state index is 0.0777. The number of rotatable bonds is 2. The Bertz CT molecular complexity index is 969. The number of carbonyl (C=O) groups is 2. The number of amides is 2. The van der Waals surface area contributed by atoms with E-state index >= 15 is 0 Å². The molecule has 2 fully saturated rings. The molecule has 10 heteroatoms. The molecule has 2 amide bonds. The van der Waals surface area contributed by atoms with Crippen LogP contribution in [0.25, 0.3) is 0 Å². The molecule has 0 aliphatic carbocycles. The summed E-state index contributed by atoms with van der Waals surface area (Å²) in [6.07, 6.45) is 10.4. The Hall–Kier alpha value is -2.88. The lowest BCUT2D eigenvalue weighted by molar-refractivity contribution is -0.145. The van der Waals surface area contributed by atoms with Crippen molar-refractivity contribution in [1.82, 2.24) is 19.6 Å². The molecule has 0 N–H and O–H groups in total. The molecule has 184 valence electrons. The standard InChI is InChI=1S/C24H34N6O4/c1-17-5-8-27(20(31)19-14-33-12-11-30(19)22(32)34-23(2,3)4)13-18(17)29-9-6-24-15-25-16-28(24)10-7-26-21(24)29/h6-7,9-10,15,17-19H,5,8,11-14,16H2,1-4H3/t17-,18+,19?,24?/m1/s1. The molecule has 10 nitrogen and oxygen atoms in total. The van der Waals surface area contributed by atoms with Gasteiger partial charge in [-0.25, -0.2) is 9.79 Å². The van der Waals surface area contributed by atoms with Crippen molar-refractivity contribution in [2.24, 2.45) is 15.9 Å². The average Bonchev–Trinajstić information content (AvgIpc) is 3.40. The molecule has 0 aromatic carbocycles. The van der Waals surface area contributed by atoms with Crippen LogP contribution in [0.1, 0.15) is 34.1 Å². The molecule has 5 aliphatic heterocycles. The van der Waals surface area contributed by atoms with Crippen LogP contribution in [0.3, 0.4) is 0 Å². The number of likely N-dealkylation sites (tertiary alicyclic amines) is 1. The lowest BCUT2D eigenvalue weighted by Crippen LogP contribution is -2.62. The molecule has 4 atom stereocenters. The van der Waals surface area contributed by atoms with Gasteiger partial charge in [-0.05, 0) is 39.2 Å². The van der Waals surface area contributed by atoms with Crippen LogP contribution in [0, 0.1) is 5.92 Å². The maximum absolute atomic E-state index is 13.7. The quantitative estimate of drug-likeness (QED) is 0.610. The Kier molecular flexibility index (Phi) is 5.66. The van der Waals surface area contributed by atoms with Crippen LogP contribution in [0.5, 0.6) is 0 Å². The zero-order valence-corrected chi connectivity index (χ0v) is 20.4. The van der Waals surface area contributed by atoms with Gasteiger partial charge < -0.3 is 24.2 Å². The van der Waals surface area contributed by atoms with Crippen LogP contribution in [0.4, 0.5) is 4.79 Å². The zero-order chi connectivity index (χ0) is 24.1. The maximum Gasteiger partial charge on any atom is 0.411 e. The minimum Gasteiger partial charge on any atom is -0.444 e. The number of hydrogen-bond acceptors (Lipinski definition) is 8. The lowest BCUT2D eigenvalue weighted by atomic mass is 9.90. The van der Waals surface area contributed by atoms with Gasteiger partial charge in [-0.2, -0.15) is 0 Å². The van der Waals surface area contributed by atoms with E-state index in [0.717, 1.165) is 12.3 Å². The normalized spacial score (nSPS) is 32.6. The third-order valence-corrected chi connectivity index (χ3v) is 7.16. The molecule has 1 spiro atoms. The predicted octanol–water partition coefficient (Wildman–Crippen LogP) is 1.65. The fraction of sp³-hybridized carbons (Fsp3) is 0.667. The molecule has 5 rings (SSSR count). The van der Waals surface area contributed by atoms with E-state index in [-0.39, 0.29) is 18.6 Å². The Balaban J connectivity index is 1.33. The van der Waals surface area contributed by atoms with Crippen LogP contribution < -0.4 is 0 Å². The van der Waals surface area contributed by atoms with E-state index in [1.165, 1.54) is 4.90 Å². The largest absolute Gasteiger partial charge is 0.444 e. The summed E-state index contributed by atoms with van der Waals surface area (Å²) in [5, 5.41) is 0. The highest BCUT2D eigenvalue weighted by Crippen LogP contribution is 2.36. The van der Waals surface area contributed by atoms with Gasteiger partial charge in [0.25, 0.3) is 0 Å². The molecule has 34 heavy (non-hydrogen) atoms. The Morgan fingerprint density at radius 3 is 2.85 bits per heavy atom. The van der Waals surface area contributed by atoms with Gasteiger partial charge in [0.05, 0.1) is 19.3 Å². The summed E-state index contributed by atoms with van der Waals surface area (Å²) in [7, 11) is 0. The smallest absolute Gasteiger partial charge is 0.411 e. The monoisotopic (exact) mass is 470 g/mol. The first-order valence-corrected chi connectivity index (χ1v) is 12.1. The Morgan fingerprint density at radius 2 is 2.06 bits per heavy atom. The van der Waals surface area contributed by atoms with Gasteiger partial charge in [0, 0.05) is 44.4 Å². The van der Waals surface area contributed by atoms with E-state index in [2.05, 4.69) is 34.0 Å². The van der Waals surface area contributed by atoms with Crippen molar-refractivity contribution in [1.29, 1.82) is 0 Å². The molecule has 2 unspecified atom stereocenters. The van der Waals surface area contributed by atoms with Crippen molar-refractivity contribution in [3.8, 4) is 0 Å². The molecule has 0 aromatic rings. The van der Waals surface area contributed by atoms with Crippen molar-refractivity contribution in [3.63, 3.8) is 0 Å². The summed E-state index contributed by atoms with van der Waals surface area (Å²) < 4.78 is 11.2. The summed E-state index contributed by atoms with van der Waals surface area (Å²) in [5.74, 6) is 1.21. The van der Waals surface area contributed by atoms with E-state index in [9.17, 15) is 9.59 Å². The third-order valence-electron chi connectivity index (χ3n) is 7.16. The number of aliphatic imine (C=N–C) groups is 2. The Morgan fingerprint density at radius 1 is 1.24 bits per heavy atom. The van der Waals surface area contributed by atoms with Gasteiger partial charge in [0.1, 0.15) is 24.1 Å². The third kappa shape index (κ3) is 3.87. The van der Waals surface area contributed by atoms with Crippen LogP contribution >= 0.6 is 0 Å². The Labute approximate surface area is 200 Å². The van der Waals surface area contributed by atoms with Crippen LogP contribution in [-0.2, 0) is 14.3 Å². The molecule has 0 saturated carbocycles. The predicted molar refractivity (Wildman–Crippen MR) is 127 cm³/mol. The second-order valence-corrected chi connectivity index (χ2v) is 10.6. The molecule has 5 heterocycles. The first kappa shape index (κ1) is 22.9. The molecule has 2 saturated heterocycles. The highest BCUT2D eigenvalue weighted by atomic mass is 16.6. The number of hydrogen-bond donors (Lipinski definition) is 0. The van der Waals surface area contributed by atoms with Gasteiger partial charge in [-0.1, -0.05) is 6.92 Å². The van der Waals surface area contributed by atoms with Gasteiger partial charge in [-0.3, -0.25) is 14.7 Å². The van der Waals surface area contributed by atoms with Crippen molar-refractivity contribution < 1.29 is 19.1 Å². The summed E-state index contributed by atoms with van der Waals surface area (Å²) in [5.41, 5.74) is -1.05. The van der Waals surface area contributed by atoms with Crippen molar-refractivity contribution in [2.45, 2.75) is 57.3 Å². The molecule has 0 bridgehead atoms. The second-order valence-electron chi connectivity index (χ2n) is 10.6. The fourth-order valence-electron chi connectivity index (χ4n) is 5.29. The number of nitrogens with zero attached hydrogens (tertiary/aromatic N) is 6. The van der Waals surface area contributed by atoms with E-state index in [1.54, 1.807) is 0 Å². The van der Waals surface area contributed by atoms with E-state index < -0.39 is 23.3 Å². The van der Waals surface area contributed by atoms with E-state index in [4.69, 9.17) is 14.5 Å². The number of morpholine rings is 1. The summed E-state index contributed by atoms with van der Waals surface area (Å²) >= 11 is 0. The van der Waals surface area contributed by atoms with Gasteiger partial charge in [0.2, 0.25) is 5.91 Å². The van der Waals surface area contributed by atoms with Crippen molar-refractivity contribution in [2.75, 3.05) is 39.5 Å². The fourth-order valence-corrected chi connectivity index (χ4v) is 5.29. The first-order chi connectivity index (χ1) is 16.2. The van der Waals surface area contributed by atoms with E-state index in [0.29, 0.717) is 38.8 Å². The zero-order valence-electron chi connectivity index (χ0n) is 20.4. The molecular formula is C24H34N6O4. The molecule has 5 aliphatic rings. The van der Waals surface area contributed by atoms with Gasteiger partial charge in [0.15, 0.2) is 5.54 Å². The highest BCUT2D eigenvalue weighted by Gasteiger charge is 2.50. The van der Waals surface area contributed by atoms with Crippen LogP contribution in [-0.4, -0.2) is 106 Å². The SMILES string of the molecule is C[C@@H]1CCN(C(=O)C2COCCN2C(=O)OC(C)(C)C)C[C@@H]1N1C=CC23C=NCN2C=CN=C13. The summed E-state index contributed by atoms with van der Waals surface area (Å²) in [6, 6.07) is -0.598. The van der Waals surface area contributed by atoms with Crippen molar-refractivity contribution >= 4 is 24.1 Å². The lowest BCUT2D eigenvalue weighted by Gasteiger charge is -2.45. The van der Waals surface area contributed by atoms with Crippen LogP contribution in [0.15, 0.2) is 34.7 Å². The molecule has 0 aromatic heterocycles. The van der Waals surface area contributed by atoms with Gasteiger partial charge in [-0.15, -0.1) is 0 Å². The average molecular weight is 471 g/mol. The first-order valence-electron chi connectivity index (χ1n) is 12.1. The summed E-state index contributed by atoms with van der Waals surface area (Å²) in [4.78, 5) is 43.4. The van der Waals surface area contributed by atoms with Gasteiger partial charge >= 0.3 is 6.09 Å². The minimum atomic E-state index is -0.675. The molecular weight excluding hydrogens is 436 g/mol. The number of piperidine rings is 1. The maximum atomic E-state index is 13.7. The number of amidine groups is 1. The molecule has 0 radical (unpaired) electrons. The number of carbonyl (C=O) groups excluding carboxylic acids is 2. The van der Waals surface area contributed by atoms with Crippen molar-refractivity contribution in [3.05, 3.63) is 24.7 Å². The summed E-state index contributed by atoms with van der Waals surface area (Å²) in [6.45, 7) is 10.4.